The van der Waals surface area contributed by atoms with Gasteiger partial charge < -0.3 is 0 Å². The fourth-order valence-electron chi connectivity index (χ4n) is 4.30. The summed E-state index contributed by atoms with van der Waals surface area (Å²) in [4.78, 5) is 0. The molecule has 15 heavy (non-hydrogen) atoms. The maximum absolute atomic E-state index is 6.32. The Labute approximate surface area is 96.5 Å². The Morgan fingerprint density at radius 1 is 0.933 bits per heavy atom. The van der Waals surface area contributed by atoms with Gasteiger partial charge in [-0.1, -0.05) is 0 Å². The van der Waals surface area contributed by atoms with Gasteiger partial charge in [0, 0.05) is 0 Å². The van der Waals surface area contributed by atoms with Crippen LogP contribution >= 0.6 is 0 Å². The Kier molecular flexibility index (Phi) is 1.23. The molecular weight excluding hydrogens is 255 g/mol. The molecule has 3 fully saturated rings. The van der Waals surface area contributed by atoms with E-state index in [1.54, 1.807) is 0 Å². The van der Waals surface area contributed by atoms with Crippen molar-refractivity contribution < 1.29 is 9.47 Å². The predicted molar refractivity (Wildman–Crippen MR) is 58.2 cm³/mol. The molecule has 0 aromatic heterocycles. The zero-order valence-electron chi connectivity index (χ0n) is 9.53. The van der Waals surface area contributed by atoms with Crippen molar-refractivity contribution in [2.45, 2.75) is 59.7 Å². The van der Waals surface area contributed by atoms with Crippen LogP contribution in [0.25, 0.3) is 0 Å². The Morgan fingerprint density at radius 3 is 1.87 bits per heavy atom. The topological polar surface area (TPSA) is 18.5 Å². The normalized spacial score (nSPS) is 60.5. The van der Waals surface area contributed by atoms with Crippen molar-refractivity contribution in [2.75, 3.05) is 0 Å². The van der Waals surface area contributed by atoms with Crippen LogP contribution in [0.3, 0.4) is 0 Å². The standard InChI is InChI=1S/C12H16O2Se/c1-9(2)11-7-5-6-8(13-7)12(11,15-11)10(3,4)14-9/h5-8H,1-4H3/t7?,8?,11-,12+. The van der Waals surface area contributed by atoms with Gasteiger partial charge in [0.25, 0.3) is 0 Å². The van der Waals surface area contributed by atoms with Crippen molar-refractivity contribution >= 4 is 15.0 Å². The summed E-state index contributed by atoms with van der Waals surface area (Å²) in [7, 11) is 0. The summed E-state index contributed by atoms with van der Waals surface area (Å²) >= 11 is 0.669. The molecule has 3 heteroatoms. The quantitative estimate of drug-likeness (QED) is 0.495. The van der Waals surface area contributed by atoms with Crippen molar-refractivity contribution in [1.82, 2.24) is 0 Å². The van der Waals surface area contributed by atoms with E-state index < -0.39 is 0 Å². The van der Waals surface area contributed by atoms with Crippen LogP contribution in [0.2, 0.25) is 8.63 Å². The Hall–Kier alpha value is 0.179. The first-order valence-electron chi connectivity index (χ1n) is 5.62. The van der Waals surface area contributed by atoms with E-state index in [9.17, 15) is 0 Å². The molecule has 3 saturated heterocycles. The van der Waals surface area contributed by atoms with Crippen LogP contribution in [0, 0.1) is 0 Å². The van der Waals surface area contributed by atoms with Crippen LogP contribution in [0.5, 0.6) is 0 Å². The van der Waals surface area contributed by atoms with Crippen molar-refractivity contribution in [2.24, 2.45) is 0 Å². The molecule has 0 aromatic carbocycles. The molecule has 0 aliphatic carbocycles. The molecule has 4 atom stereocenters. The molecule has 4 aliphatic heterocycles. The molecule has 2 unspecified atom stereocenters. The Balaban J connectivity index is 1.98. The molecule has 4 rings (SSSR count). The molecule has 0 aromatic rings. The van der Waals surface area contributed by atoms with E-state index in [2.05, 4.69) is 39.8 Å². The van der Waals surface area contributed by atoms with E-state index in [0.717, 1.165) is 0 Å². The van der Waals surface area contributed by atoms with Crippen LogP contribution in [-0.2, 0) is 9.47 Å². The second-order valence-corrected chi connectivity index (χ2v) is 9.19. The molecule has 4 aliphatic rings. The van der Waals surface area contributed by atoms with Gasteiger partial charge in [-0.15, -0.1) is 0 Å². The van der Waals surface area contributed by atoms with E-state index in [-0.39, 0.29) is 11.2 Å². The van der Waals surface area contributed by atoms with Gasteiger partial charge >= 0.3 is 96.3 Å². The van der Waals surface area contributed by atoms with Crippen LogP contribution in [0.4, 0.5) is 0 Å². The first-order chi connectivity index (χ1) is 6.87. The molecule has 0 amide bonds. The molecule has 0 N–H and O–H groups in total. The zero-order chi connectivity index (χ0) is 10.7. The van der Waals surface area contributed by atoms with Crippen molar-refractivity contribution in [3.63, 3.8) is 0 Å². The summed E-state index contributed by atoms with van der Waals surface area (Å²) in [5.74, 6) is 0. The summed E-state index contributed by atoms with van der Waals surface area (Å²) in [5, 5.41) is 0. The van der Waals surface area contributed by atoms with E-state index in [4.69, 9.17) is 9.47 Å². The van der Waals surface area contributed by atoms with E-state index in [0.29, 0.717) is 35.8 Å². The van der Waals surface area contributed by atoms with Crippen LogP contribution in [-0.4, -0.2) is 38.4 Å². The van der Waals surface area contributed by atoms with Gasteiger partial charge in [0.15, 0.2) is 0 Å². The average Bonchev–Trinajstić information content (AvgIpc) is 2.50. The number of hydrogen-bond donors (Lipinski definition) is 0. The van der Waals surface area contributed by atoms with E-state index in [1.165, 1.54) is 0 Å². The number of fused-ring (bicyclic) bond motifs is 2. The van der Waals surface area contributed by atoms with Gasteiger partial charge in [-0.05, 0) is 0 Å². The minimum atomic E-state index is -0.0132. The summed E-state index contributed by atoms with van der Waals surface area (Å²) in [6, 6.07) is 0. The second-order valence-electron chi connectivity index (χ2n) is 6.06. The fourth-order valence-corrected chi connectivity index (χ4v) is 9.03. The van der Waals surface area contributed by atoms with Crippen LogP contribution < -0.4 is 0 Å². The summed E-state index contributed by atoms with van der Waals surface area (Å²) < 4.78 is 13.1. The van der Waals surface area contributed by atoms with Gasteiger partial charge in [0.1, 0.15) is 0 Å². The second kappa shape index (κ2) is 1.99. The van der Waals surface area contributed by atoms with Gasteiger partial charge in [-0.25, -0.2) is 0 Å². The number of rotatable bonds is 0. The average molecular weight is 271 g/mol. The molecule has 4 heterocycles. The molecule has 0 radical (unpaired) electrons. The third kappa shape index (κ3) is 0.621. The molecule has 0 spiro atoms. The van der Waals surface area contributed by atoms with E-state index >= 15 is 0 Å². The third-order valence-electron chi connectivity index (χ3n) is 4.69. The first kappa shape index (κ1) is 9.23. The van der Waals surface area contributed by atoms with Crippen molar-refractivity contribution in [3.05, 3.63) is 12.2 Å². The summed E-state index contributed by atoms with van der Waals surface area (Å²) in [6.07, 6.45) is 5.20. The molecule has 82 valence electrons. The zero-order valence-corrected chi connectivity index (χ0v) is 11.2. The van der Waals surface area contributed by atoms with Gasteiger partial charge in [-0.3, -0.25) is 0 Å². The monoisotopic (exact) mass is 272 g/mol. The van der Waals surface area contributed by atoms with Gasteiger partial charge in [0.2, 0.25) is 0 Å². The van der Waals surface area contributed by atoms with Crippen molar-refractivity contribution in [3.8, 4) is 0 Å². The number of hydrogen-bond acceptors (Lipinski definition) is 2. The SMILES string of the molecule is CC1(C)OC(C)(C)[C@]23[Se][C@]12C1C=CC3O1. The maximum atomic E-state index is 6.32. The Morgan fingerprint density at radius 2 is 1.40 bits per heavy atom. The van der Waals surface area contributed by atoms with Crippen LogP contribution in [0.15, 0.2) is 12.2 Å². The fraction of sp³-hybridized carbons (Fsp3) is 0.833. The van der Waals surface area contributed by atoms with Crippen molar-refractivity contribution in [1.29, 1.82) is 0 Å². The summed E-state index contributed by atoms with van der Waals surface area (Å²) in [5.41, 5.74) is -0.0264. The number of ether oxygens (including phenoxy) is 2. The van der Waals surface area contributed by atoms with E-state index in [1.807, 2.05) is 0 Å². The molecule has 2 bridgehead atoms. The third-order valence-corrected chi connectivity index (χ3v) is 10.00. The van der Waals surface area contributed by atoms with Gasteiger partial charge in [-0.2, -0.15) is 0 Å². The minimum absolute atomic E-state index is 0.0132. The molecular formula is C12H16O2Se. The summed E-state index contributed by atoms with van der Waals surface area (Å²) in [6.45, 7) is 9.01. The first-order valence-corrected chi connectivity index (χ1v) is 7.33. The predicted octanol–water partition coefficient (Wildman–Crippen LogP) is 1.95. The Bertz CT molecular complexity index is 366. The van der Waals surface area contributed by atoms with Crippen LogP contribution in [0.1, 0.15) is 27.7 Å². The molecule has 0 saturated carbocycles. The molecule has 2 nitrogen and oxygen atoms in total. The van der Waals surface area contributed by atoms with Gasteiger partial charge in [0.05, 0.1) is 0 Å².